The van der Waals surface area contributed by atoms with Gasteiger partial charge in [-0.15, -0.1) is 10.2 Å². The van der Waals surface area contributed by atoms with Crippen molar-refractivity contribution in [2.75, 3.05) is 0 Å². The Hall–Kier alpha value is -2.57. The first-order chi connectivity index (χ1) is 7.84. The van der Waals surface area contributed by atoms with Crippen LogP contribution in [0.4, 0.5) is 0 Å². The molecule has 0 aliphatic heterocycles. The van der Waals surface area contributed by atoms with Crippen LogP contribution in [0.1, 0.15) is 0 Å². The van der Waals surface area contributed by atoms with E-state index >= 15 is 0 Å². The van der Waals surface area contributed by atoms with Crippen LogP contribution in [0, 0.1) is 0 Å². The highest BCUT2D eigenvalue weighted by atomic mass is 16.1. The fourth-order valence-electron chi connectivity index (χ4n) is 1.44. The van der Waals surface area contributed by atoms with E-state index in [1.54, 1.807) is 18.3 Å². The Morgan fingerprint density at radius 2 is 2.25 bits per heavy atom. The highest BCUT2D eigenvalue weighted by Crippen LogP contribution is 2.08. The van der Waals surface area contributed by atoms with Gasteiger partial charge < -0.3 is 0 Å². The van der Waals surface area contributed by atoms with Gasteiger partial charge in [0.2, 0.25) is 5.82 Å². The van der Waals surface area contributed by atoms with Gasteiger partial charge in [0.25, 0.3) is 5.56 Å². The van der Waals surface area contributed by atoms with Crippen molar-refractivity contribution in [1.29, 1.82) is 0 Å². The molecule has 78 valence electrons. The van der Waals surface area contributed by atoms with Crippen LogP contribution in [0.5, 0.6) is 0 Å². The maximum absolute atomic E-state index is 11.7. The minimum atomic E-state index is -0.176. The monoisotopic (exact) mass is 214 g/mol. The number of hydrogen-bond donors (Lipinski definition) is 1. The largest absolute Gasteiger partial charge is 0.269 e. The topological polar surface area (TPSA) is 88.8 Å². The molecule has 3 aromatic heterocycles. The molecular formula is C9H6N6O. The third-order valence-corrected chi connectivity index (χ3v) is 2.15. The SMILES string of the molecule is O=c1cc(-c2nn[nH]n2)nc2ccccn12. The zero-order chi connectivity index (χ0) is 11.0. The molecular weight excluding hydrogens is 208 g/mol. The minimum absolute atomic E-state index is 0.176. The Labute approximate surface area is 88.8 Å². The lowest BCUT2D eigenvalue weighted by atomic mass is 10.3. The molecule has 0 unspecified atom stereocenters. The molecule has 0 spiro atoms. The fraction of sp³-hybridized carbons (Fsp3) is 0. The van der Waals surface area contributed by atoms with Crippen molar-refractivity contribution in [1.82, 2.24) is 30.0 Å². The van der Waals surface area contributed by atoms with Crippen molar-refractivity contribution in [3.63, 3.8) is 0 Å². The van der Waals surface area contributed by atoms with Crippen molar-refractivity contribution in [2.45, 2.75) is 0 Å². The van der Waals surface area contributed by atoms with Crippen LogP contribution < -0.4 is 5.56 Å². The first-order valence-electron chi connectivity index (χ1n) is 4.57. The van der Waals surface area contributed by atoms with Crippen LogP contribution in [-0.2, 0) is 0 Å². The molecule has 0 fully saturated rings. The van der Waals surface area contributed by atoms with E-state index in [1.807, 2.05) is 6.07 Å². The van der Waals surface area contributed by atoms with Gasteiger partial charge in [-0.25, -0.2) is 4.98 Å². The number of hydrogen-bond acceptors (Lipinski definition) is 5. The summed E-state index contributed by atoms with van der Waals surface area (Å²) in [5.74, 6) is 0.309. The van der Waals surface area contributed by atoms with Crippen molar-refractivity contribution >= 4 is 5.65 Å². The van der Waals surface area contributed by atoms with Crippen LogP contribution in [0.3, 0.4) is 0 Å². The van der Waals surface area contributed by atoms with Gasteiger partial charge in [-0.2, -0.15) is 5.21 Å². The molecule has 0 aromatic carbocycles. The Morgan fingerprint density at radius 1 is 1.31 bits per heavy atom. The molecule has 0 saturated heterocycles. The molecule has 7 nitrogen and oxygen atoms in total. The molecule has 0 aliphatic rings. The molecule has 3 aromatic rings. The smallest absolute Gasteiger partial charge is 0.258 e. The predicted molar refractivity (Wildman–Crippen MR) is 54.6 cm³/mol. The van der Waals surface area contributed by atoms with E-state index in [0.717, 1.165) is 0 Å². The summed E-state index contributed by atoms with van der Waals surface area (Å²) in [6, 6.07) is 6.69. The number of H-pyrrole nitrogens is 1. The lowest BCUT2D eigenvalue weighted by molar-refractivity contribution is 0.881. The first-order valence-corrected chi connectivity index (χ1v) is 4.57. The number of aromatic amines is 1. The lowest BCUT2D eigenvalue weighted by Gasteiger charge is -1.99. The van der Waals surface area contributed by atoms with E-state index in [2.05, 4.69) is 25.6 Å². The summed E-state index contributed by atoms with van der Waals surface area (Å²) >= 11 is 0. The van der Waals surface area contributed by atoms with E-state index in [4.69, 9.17) is 0 Å². The van der Waals surface area contributed by atoms with Crippen molar-refractivity contribution < 1.29 is 0 Å². The lowest BCUT2D eigenvalue weighted by Crippen LogP contribution is -2.13. The highest BCUT2D eigenvalue weighted by Gasteiger charge is 2.07. The third kappa shape index (κ3) is 1.26. The second kappa shape index (κ2) is 3.23. The van der Waals surface area contributed by atoms with E-state index < -0.39 is 0 Å². The zero-order valence-electron chi connectivity index (χ0n) is 8.03. The average Bonchev–Trinajstić information content (AvgIpc) is 2.82. The number of rotatable bonds is 1. The Morgan fingerprint density at radius 3 is 3.06 bits per heavy atom. The molecule has 3 rings (SSSR count). The molecule has 0 bridgehead atoms. The summed E-state index contributed by atoms with van der Waals surface area (Å²) in [5, 5.41) is 13.3. The second-order valence-corrected chi connectivity index (χ2v) is 3.14. The second-order valence-electron chi connectivity index (χ2n) is 3.14. The number of nitrogens with one attached hydrogen (secondary N) is 1. The summed E-state index contributed by atoms with van der Waals surface area (Å²) < 4.78 is 1.45. The molecule has 3 heterocycles. The van der Waals surface area contributed by atoms with Gasteiger partial charge in [-0.1, -0.05) is 6.07 Å². The van der Waals surface area contributed by atoms with Gasteiger partial charge in [0.05, 0.1) is 0 Å². The van der Waals surface area contributed by atoms with Crippen molar-refractivity contribution in [3.05, 3.63) is 40.8 Å². The fourth-order valence-corrected chi connectivity index (χ4v) is 1.44. The maximum Gasteiger partial charge on any atom is 0.258 e. The Balaban J connectivity index is 2.34. The molecule has 0 saturated carbocycles. The maximum atomic E-state index is 11.7. The van der Waals surface area contributed by atoms with Gasteiger partial charge >= 0.3 is 0 Å². The standard InChI is InChI=1S/C9H6N6O/c16-8-5-6(9-11-13-14-12-9)10-7-3-1-2-4-15(7)8/h1-5H,(H,11,12,13,14). The number of aromatic nitrogens is 6. The average molecular weight is 214 g/mol. The molecule has 16 heavy (non-hydrogen) atoms. The molecule has 0 radical (unpaired) electrons. The van der Waals surface area contributed by atoms with Crippen LogP contribution in [0.15, 0.2) is 35.3 Å². The van der Waals surface area contributed by atoms with Gasteiger partial charge in [0.1, 0.15) is 11.3 Å². The number of tetrazole rings is 1. The molecule has 1 N–H and O–H groups in total. The predicted octanol–water partition coefficient (Wildman–Crippen LogP) is -0.125. The van der Waals surface area contributed by atoms with Crippen molar-refractivity contribution in [3.8, 4) is 11.5 Å². The molecule has 0 atom stereocenters. The van der Waals surface area contributed by atoms with Gasteiger partial charge in [0, 0.05) is 12.3 Å². The van der Waals surface area contributed by atoms with Gasteiger partial charge in [-0.05, 0) is 17.3 Å². The molecule has 0 amide bonds. The third-order valence-electron chi connectivity index (χ3n) is 2.15. The number of pyridine rings is 1. The van der Waals surface area contributed by atoms with E-state index in [9.17, 15) is 4.79 Å². The minimum Gasteiger partial charge on any atom is -0.269 e. The summed E-state index contributed by atoms with van der Waals surface area (Å²) in [6.45, 7) is 0. The van der Waals surface area contributed by atoms with Gasteiger partial charge in [0.15, 0.2) is 0 Å². The summed E-state index contributed by atoms with van der Waals surface area (Å²) in [6.07, 6.45) is 1.66. The van der Waals surface area contributed by atoms with Crippen LogP contribution in [0.2, 0.25) is 0 Å². The Kier molecular flexibility index (Phi) is 1.76. The Bertz CT molecular complexity index is 687. The molecule has 7 heteroatoms. The van der Waals surface area contributed by atoms with Crippen LogP contribution in [-0.4, -0.2) is 30.0 Å². The summed E-state index contributed by atoms with van der Waals surface area (Å²) in [4.78, 5) is 16.0. The van der Waals surface area contributed by atoms with E-state index in [-0.39, 0.29) is 5.56 Å². The van der Waals surface area contributed by atoms with E-state index in [1.165, 1.54) is 10.5 Å². The highest BCUT2D eigenvalue weighted by molar-refractivity contribution is 5.52. The molecule has 0 aliphatic carbocycles. The quantitative estimate of drug-likeness (QED) is 0.609. The first kappa shape index (κ1) is 8.72. The van der Waals surface area contributed by atoms with Crippen molar-refractivity contribution in [2.24, 2.45) is 0 Å². The van der Waals surface area contributed by atoms with E-state index in [0.29, 0.717) is 17.2 Å². The van der Waals surface area contributed by atoms with Crippen LogP contribution >= 0.6 is 0 Å². The van der Waals surface area contributed by atoms with Crippen LogP contribution in [0.25, 0.3) is 17.2 Å². The van der Waals surface area contributed by atoms with Gasteiger partial charge in [-0.3, -0.25) is 9.20 Å². The summed E-state index contributed by atoms with van der Waals surface area (Å²) in [7, 11) is 0. The normalized spacial score (nSPS) is 10.8. The number of nitrogens with zero attached hydrogens (tertiary/aromatic N) is 5. The zero-order valence-corrected chi connectivity index (χ0v) is 8.03. The summed E-state index contributed by atoms with van der Waals surface area (Å²) in [5.41, 5.74) is 0.783. The number of fused-ring (bicyclic) bond motifs is 1.